The molecule has 2 nitrogen and oxygen atoms in total. The predicted molar refractivity (Wildman–Crippen MR) is 46.4 cm³/mol. The minimum absolute atomic E-state index is 0.904. The van der Waals surface area contributed by atoms with Gasteiger partial charge in [0.05, 0.1) is 0 Å². The zero-order chi connectivity index (χ0) is 7.66. The van der Waals surface area contributed by atoms with Crippen LogP contribution in [0.25, 0.3) is 0 Å². The molecule has 0 amide bonds. The summed E-state index contributed by atoms with van der Waals surface area (Å²) >= 11 is 0. The Balaban J connectivity index is 2.65. The molecule has 0 saturated heterocycles. The molecule has 3 radical (unpaired) electrons. The molecule has 0 spiro atoms. The van der Waals surface area contributed by atoms with Crippen molar-refractivity contribution in [2.45, 2.75) is 19.8 Å². The topological polar surface area (TPSA) is 24.1 Å². The molecule has 0 aromatic rings. The van der Waals surface area contributed by atoms with Gasteiger partial charge in [0.25, 0.3) is 0 Å². The van der Waals surface area contributed by atoms with Crippen LogP contribution in [0.3, 0.4) is 0 Å². The molecule has 0 saturated carbocycles. The van der Waals surface area contributed by atoms with Gasteiger partial charge in [-0.15, -0.1) is 0 Å². The third kappa shape index (κ3) is 8.14. The van der Waals surface area contributed by atoms with Crippen LogP contribution in [0.4, 0.5) is 0 Å². The van der Waals surface area contributed by atoms with Crippen LogP contribution in [0.15, 0.2) is 0 Å². The van der Waals surface area contributed by atoms with E-state index in [0.717, 1.165) is 25.8 Å². The van der Waals surface area contributed by atoms with Crippen LogP contribution >= 0.6 is 0 Å². The summed E-state index contributed by atoms with van der Waals surface area (Å²) in [5.41, 5.74) is 0. The van der Waals surface area contributed by atoms with Gasteiger partial charge in [-0.2, -0.15) is 0 Å². The Morgan fingerprint density at radius 2 is 1.70 bits per heavy atom. The van der Waals surface area contributed by atoms with Gasteiger partial charge in [0.15, 0.2) is 0 Å². The van der Waals surface area contributed by atoms with Gasteiger partial charge in [0.1, 0.15) is 0 Å². The van der Waals surface area contributed by atoms with E-state index in [4.69, 9.17) is 0 Å². The first-order valence-corrected chi connectivity index (χ1v) is 4.68. The van der Waals surface area contributed by atoms with E-state index >= 15 is 0 Å². The van der Waals surface area contributed by atoms with E-state index in [1.807, 2.05) is 0 Å². The average molecular weight is 157 g/mol. The molecule has 0 aromatic heterocycles. The lowest BCUT2D eigenvalue weighted by atomic mass is 10.3. The number of hydrogen-bond donors (Lipinski definition) is 2. The smallest absolute Gasteiger partial charge is 0.0428 e. The normalized spacial score (nSPS) is 10.2. The zero-order valence-electron chi connectivity index (χ0n) is 6.74. The minimum atomic E-state index is 0.904. The second kappa shape index (κ2) is 9.14. The minimum Gasteiger partial charge on any atom is -0.320 e. The van der Waals surface area contributed by atoms with Crippen molar-refractivity contribution in [2.75, 3.05) is 25.8 Å². The van der Waals surface area contributed by atoms with Crippen LogP contribution in [-0.2, 0) is 0 Å². The van der Waals surface area contributed by atoms with Crippen molar-refractivity contribution in [3.8, 4) is 0 Å². The van der Waals surface area contributed by atoms with E-state index in [-0.39, 0.29) is 0 Å². The van der Waals surface area contributed by atoms with Crippen LogP contribution in [0.5, 0.6) is 0 Å². The van der Waals surface area contributed by atoms with E-state index in [2.05, 4.69) is 27.8 Å². The molecule has 2 N–H and O–H groups in total. The Labute approximate surface area is 67.2 Å². The van der Waals surface area contributed by atoms with Crippen LogP contribution < -0.4 is 10.6 Å². The summed E-state index contributed by atoms with van der Waals surface area (Å²) in [6.45, 7) is 5.50. The van der Waals surface area contributed by atoms with E-state index < -0.39 is 0 Å². The lowest BCUT2D eigenvalue weighted by Crippen LogP contribution is -2.19. The van der Waals surface area contributed by atoms with Crippen molar-refractivity contribution >= 4 is 10.2 Å². The Bertz CT molecular complexity index is 51.6. The highest BCUT2D eigenvalue weighted by Crippen LogP contribution is 1.82. The molecule has 0 aliphatic carbocycles. The predicted octanol–water partition coefficient (Wildman–Crippen LogP) is 0.0917. The molecule has 10 heavy (non-hydrogen) atoms. The number of hydrogen-bond acceptors (Lipinski definition) is 2. The fourth-order valence-corrected chi connectivity index (χ4v) is 0.942. The Morgan fingerprint density at radius 3 is 2.20 bits per heavy atom. The maximum absolute atomic E-state index is 3.35. The number of unbranched alkanes of at least 4 members (excludes halogenated alkanes) is 1. The van der Waals surface area contributed by atoms with Crippen molar-refractivity contribution in [1.82, 2.24) is 10.6 Å². The molecule has 0 aliphatic heterocycles. The molecular formula is C7H17N2Si. The van der Waals surface area contributed by atoms with E-state index in [0.29, 0.717) is 0 Å². The van der Waals surface area contributed by atoms with Gasteiger partial charge in [-0.05, 0) is 38.6 Å². The fraction of sp³-hybridized carbons (Fsp3) is 1.00. The van der Waals surface area contributed by atoms with Crippen molar-refractivity contribution in [1.29, 1.82) is 0 Å². The molecular weight excluding hydrogens is 140 g/mol. The molecule has 0 unspecified atom stereocenters. The number of nitrogens with one attached hydrogen (secondary N) is 2. The first-order valence-electron chi connectivity index (χ1n) is 3.97. The van der Waals surface area contributed by atoms with Crippen LogP contribution in [-0.4, -0.2) is 36.0 Å². The zero-order valence-corrected chi connectivity index (χ0v) is 7.74. The summed E-state index contributed by atoms with van der Waals surface area (Å²) in [5, 5.41) is 6.50. The largest absolute Gasteiger partial charge is 0.320 e. The van der Waals surface area contributed by atoms with Crippen molar-refractivity contribution in [3.05, 3.63) is 0 Å². The van der Waals surface area contributed by atoms with Crippen LogP contribution in [0, 0.1) is 0 Å². The highest BCUT2D eigenvalue weighted by Gasteiger charge is 1.85. The molecule has 0 aliphatic rings. The maximum atomic E-state index is 3.35. The van der Waals surface area contributed by atoms with Gasteiger partial charge in [-0.25, -0.2) is 0 Å². The Morgan fingerprint density at radius 1 is 1.10 bits per heavy atom. The van der Waals surface area contributed by atoms with Crippen LogP contribution in [0.1, 0.15) is 19.8 Å². The third-order valence-electron chi connectivity index (χ3n) is 1.33. The molecule has 0 aromatic carbocycles. The summed E-state index contributed by atoms with van der Waals surface area (Å²) < 4.78 is 0. The molecule has 0 fully saturated rings. The van der Waals surface area contributed by atoms with Gasteiger partial charge >= 0.3 is 0 Å². The van der Waals surface area contributed by atoms with Gasteiger partial charge in [-0.3, -0.25) is 0 Å². The molecule has 0 bridgehead atoms. The molecule has 59 valence electrons. The molecule has 0 heterocycles. The SMILES string of the molecule is CCNCCCCNC[Si]. The van der Waals surface area contributed by atoms with Gasteiger partial charge in [0, 0.05) is 10.2 Å². The monoisotopic (exact) mass is 157 g/mol. The second-order valence-corrected chi connectivity index (χ2v) is 2.59. The van der Waals surface area contributed by atoms with Crippen molar-refractivity contribution in [2.24, 2.45) is 0 Å². The van der Waals surface area contributed by atoms with E-state index in [1.54, 1.807) is 0 Å². The highest BCUT2D eigenvalue weighted by atomic mass is 28.1. The average Bonchev–Trinajstić information content (AvgIpc) is 1.97. The summed E-state index contributed by atoms with van der Waals surface area (Å²) in [5.74, 6) is 0. The quantitative estimate of drug-likeness (QED) is 0.404. The lowest BCUT2D eigenvalue weighted by Gasteiger charge is -2.01. The van der Waals surface area contributed by atoms with Crippen LogP contribution in [0.2, 0.25) is 0 Å². The first-order chi connectivity index (χ1) is 4.91. The maximum Gasteiger partial charge on any atom is 0.0428 e. The summed E-state index contributed by atoms with van der Waals surface area (Å²) in [6, 6.07) is 0. The van der Waals surface area contributed by atoms with Gasteiger partial charge < -0.3 is 10.6 Å². The Kier molecular flexibility index (Phi) is 9.26. The Hall–Kier alpha value is 0.137. The van der Waals surface area contributed by atoms with Crippen molar-refractivity contribution < 1.29 is 0 Å². The molecule has 3 heteroatoms. The number of rotatable bonds is 7. The van der Waals surface area contributed by atoms with E-state index in [9.17, 15) is 0 Å². The van der Waals surface area contributed by atoms with Crippen molar-refractivity contribution in [3.63, 3.8) is 0 Å². The van der Waals surface area contributed by atoms with Gasteiger partial charge in [-0.1, -0.05) is 6.92 Å². The highest BCUT2D eigenvalue weighted by molar-refractivity contribution is 6.08. The lowest BCUT2D eigenvalue weighted by molar-refractivity contribution is 0.615. The first kappa shape index (κ1) is 10.1. The molecule has 0 atom stereocenters. The summed E-state index contributed by atoms with van der Waals surface area (Å²) in [7, 11) is 3.35. The van der Waals surface area contributed by atoms with E-state index in [1.165, 1.54) is 12.8 Å². The third-order valence-corrected chi connectivity index (χ3v) is 1.58. The van der Waals surface area contributed by atoms with Gasteiger partial charge in [0.2, 0.25) is 0 Å². The summed E-state index contributed by atoms with van der Waals surface area (Å²) in [6.07, 6.45) is 3.44. The fourth-order valence-electron chi connectivity index (χ4n) is 0.765. The summed E-state index contributed by atoms with van der Waals surface area (Å²) in [4.78, 5) is 0. The second-order valence-electron chi connectivity index (χ2n) is 2.24. The standard InChI is InChI=1S/C7H17N2Si/c1-2-8-5-3-4-6-9-7-10/h8-9H,2-7H2,1H3. The molecule has 0 rings (SSSR count).